The Morgan fingerprint density at radius 3 is 2.44 bits per heavy atom. The topological polar surface area (TPSA) is 21.3 Å². The Kier molecular flexibility index (Phi) is 5.21. The van der Waals surface area contributed by atoms with E-state index in [0.29, 0.717) is 6.04 Å². The Morgan fingerprint density at radius 1 is 1.22 bits per heavy atom. The molecule has 2 rings (SSSR count). The van der Waals surface area contributed by atoms with E-state index in [1.165, 1.54) is 31.2 Å². The highest BCUT2D eigenvalue weighted by Gasteiger charge is 2.31. The van der Waals surface area contributed by atoms with Crippen molar-refractivity contribution in [3.8, 4) is 0 Å². The van der Waals surface area contributed by atoms with Crippen LogP contribution in [0.3, 0.4) is 0 Å². The van der Waals surface area contributed by atoms with E-state index in [-0.39, 0.29) is 6.10 Å². The maximum absolute atomic E-state index is 5.80. The Labute approximate surface area is 111 Å². The van der Waals surface area contributed by atoms with Crippen LogP contribution in [0.5, 0.6) is 0 Å². The molecule has 2 unspecified atom stereocenters. The van der Waals surface area contributed by atoms with Gasteiger partial charge in [0.1, 0.15) is 0 Å². The summed E-state index contributed by atoms with van der Waals surface area (Å²) in [6.07, 6.45) is 5.60. The first kappa shape index (κ1) is 13.6. The van der Waals surface area contributed by atoms with Gasteiger partial charge in [0.2, 0.25) is 0 Å². The monoisotopic (exact) mass is 247 g/mol. The highest BCUT2D eigenvalue weighted by atomic mass is 16.5. The molecule has 2 heteroatoms. The number of hydrogen-bond donors (Lipinski definition) is 1. The van der Waals surface area contributed by atoms with Crippen molar-refractivity contribution < 1.29 is 4.74 Å². The molecule has 1 aliphatic carbocycles. The van der Waals surface area contributed by atoms with Crippen LogP contribution < -0.4 is 5.32 Å². The molecule has 18 heavy (non-hydrogen) atoms. The molecular weight excluding hydrogens is 222 g/mol. The average Bonchev–Trinajstić information content (AvgIpc) is 2.93. The SMILES string of the molecule is CCNC(C1CCCC1)C(OC)c1ccccc1. The smallest absolute Gasteiger partial charge is 0.0976 e. The zero-order valence-electron chi connectivity index (χ0n) is 11.6. The van der Waals surface area contributed by atoms with E-state index < -0.39 is 0 Å². The Hall–Kier alpha value is -0.860. The van der Waals surface area contributed by atoms with Gasteiger partial charge in [-0.15, -0.1) is 0 Å². The molecule has 0 radical (unpaired) electrons. The molecule has 1 saturated carbocycles. The third kappa shape index (κ3) is 3.12. The molecule has 1 aliphatic rings. The van der Waals surface area contributed by atoms with E-state index in [1.807, 2.05) is 7.11 Å². The van der Waals surface area contributed by atoms with Crippen molar-refractivity contribution >= 4 is 0 Å². The van der Waals surface area contributed by atoms with Crippen LogP contribution >= 0.6 is 0 Å². The van der Waals surface area contributed by atoms with Crippen molar-refractivity contribution in [2.75, 3.05) is 13.7 Å². The molecular formula is C16H25NO. The number of ether oxygens (including phenoxy) is 1. The maximum Gasteiger partial charge on any atom is 0.0976 e. The van der Waals surface area contributed by atoms with E-state index in [4.69, 9.17) is 4.74 Å². The number of likely N-dealkylation sites (N-methyl/N-ethyl adjacent to an activating group) is 1. The molecule has 1 aromatic carbocycles. The van der Waals surface area contributed by atoms with E-state index >= 15 is 0 Å². The van der Waals surface area contributed by atoms with Crippen molar-refractivity contribution in [3.63, 3.8) is 0 Å². The molecule has 0 aromatic heterocycles. The third-order valence-electron chi connectivity index (χ3n) is 4.06. The van der Waals surface area contributed by atoms with Crippen LogP contribution in [-0.2, 0) is 4.74 Å². The predicted octanol–water partition coefficient (Wildman–Crippen LogP) is 3.54. The second-order valence-corrected chi connectivity index (χ2v) is 5.19. The Morgan fingerprint density at radius 2 is 1.89 bits per heavy atom. The van der Waals surface area contributed by atoms with E-state index in [2.05, 4.69) is 42.6 Å². The molecule has 0 saturated heterocycles. The minimum absolute atomic E-state index is 0.175. The Bertz CT molecular complexity index is 332. The molecule has 2 atom stereocenters. The number of nitrogens with one attached hydrogen (secondary N) is 1. The van der Waals surface area contributed by atoms with Crippen LogP contribution in [0.2, 0.25) is 0 Å². The Balaban J connectivity index is 2.16. The van der Waals surface area contributed by atoms with Crippen molar-refractivity contribution in [2.24, 2.45) is 5.92 Å². The van der Waals surface area contributed by atoms with Crippen LogP contribution in [0.1, 0.15) is 44.3 Å². The summed E-state index contributed by atoms with van der Waals surface area (Å²) in [6.45, 7) is 3.19. The van der Waals surface area contributed by atoms with Crippen molar-refractivity contribution in [1.29, 1.82) is 0 Å². The van der Waals surface area contributed by atoms with Gasteiger partial charge in [-0.05, 0) is 30.9 Å². The quantitative estimate of drug-likeness (QED) is 0.830. The normalized spacial score (nSPS) is 19.9. The molecule has 100 valence electrons. The van der Waals surface area contributed by atoms with Gasteiger partial charge in [-0.25, -0.2) is 0 Å². The molecule has 0 spiro atoms. The lowest BCUT2D eigenvalue weighted by atomic mass is 9.89. The first-order valence-corrected chi connectivity index (χ1v) is 7.18. The summed E-state index contributed by atoms with van der Waals surface area (Å²) in [7, 11) is 1.83. The lowest BCUT2D eigenvalue weighted by molar-refractivity contribution is 0.0477. The third-order valence-corrected chi connectivity index (χ3v) is 4.06. The standard InChI is InChI=1S/C16H25NO/c1-3-17-15(13-9-7-8-10-13)16(18-2)14-11-5-4-6-12-14/h4-6,11-13,15-17H,3,7-10H2,1-2H3. The number of methoxy groups -OCH3 is 1. The van der Waals surface area contributed by atoms with Crippen LogP contribution in [0, 0.1) is 5.92 Å². The molecule has 1 N–H and O–H groups in total. The van der Waals surface area contributed by atoms with Gasteiger partial charge in [0.05, 0.1) is 6.10 Å². The number of benzene rings is 1. The van der Waals surface area contributed by atoms with E-state index in [9.17, 15) is 0 Å². The zero-order valence-corrected chi connectivity index (χ0v) is 11.6. The molecule has 0 aliphatic heterocycles. The molecule has 1 fully saturated rings. The van der Waals surface area contributed by atoms with Crippen LogP contribution in [0.25, 0.3) is 0 Å². The summed E-state index contributed by atoms with van der Waals surface area (Å²) >= 11 is 0. The zero-order chi connectivity index (χ0) is 12.8. The van der Waals surface area contributed by atoms with Crippen LogP contribution in [0.15, 0.2) is 30.3 Å². The van der Waals surface area contributed by atoms with E-state index in [1.54, 1.807) is 0 Å². The van der Waals surface area contributed by atoms with Crippen LogP contribution in [0.4, 0.5) is 0 Å². The molecule has 0 amide bonds. The first-order valence-electron chi connectivity index (χ1n) is 7.18. The highest BCUT2D eigenvalue weighted by Crippen LogP contribution is 2.34. The lowest BCUT2D eigenvalue weighted by Crippen LogP contribution is -2.41. The first-order chi connectivity index (χ1) is 8.86. The highest BCUT2D eigenvalue weighted by molar-refractivity contribution is 5.19. The molecule has 0 heterocycles. The molecule has 0 bridgehead atoms. The van der Waals surface area contributed by atoms with Crippen LogP contribution in [-0.4, -0.2) is 19.7 Å². The fraction of sp³-hybridized carbons (Fsp3) is 0.625. The van der Waals surface area contributed by atoms with Gasteiger partial charge in [-0.3, -0.25) is 0 Å². The lowest BCUT2D eigenvalue weighted by Gasteiger charge is -2.32. The maximum atomic E-state index is 5.80. The minimum atomic E-state index is 0.175. The molecule has 1 aromatic rings. The van der Waals surface area contributed by atoms with Gasteiger partial charge in [-0.2, -0.15) is 0 Å². The van der Waals surface area contributed by atoms with Crippen molar-refractivity contribution in [3.05, 3.63) is 35.9 Å². The second kappa shape index (κ2) is 6.91. The summed E-state index contributed by atoms with van der Waals surface area (Å²) < 4.78 is 5.80. The van der Waals surface area contributed by atoms with Gasteiger partial charge in [0, 0.05) is 13.2 Å². The van der Waals surface area contributed by atoms with Crippen molar-refractivity contribution in [2.45, 2.75) is 44.8 Å². The summed E-state index contributed by atoms with van der Waals surface area (Å²) in [4.78, 5) is 0. The van der Waals surface area contributed by atoms with Gasteiger partial charge in [-0.1, -0.05) is 50.1 Å². The summed E-state index contributed by atoms with van der Waals surface area (Å²) in [5, 5.41) is 3.65. The largest absolute Gasteiger partial charge is 0.375 e. The van der Waals surface area contributed by atoms with E-state index in [0.717, 1.165) is 12.5 Å². The van der Waals surface area contributed by atoms with Gasteiger partial charge in [0.15, 0.2) is 0 Å². The van der Waals surface area contributed by atoms with Gasteiger partial charge >= 0.3 is 0 Å². The number of rotatable bonds is 6. The second-order valence-electron chi connectivity index (χ2n) is 5.19. The summed E-state index contributed by atoms with van der Waals surface area (Å²) in [5.74, 6) is 0.759. The summed E-state index contributed by atoms with van der Waals surface area (Å²) in [5.41, 5.74) is 1.29. The van der Waals surface area contributed by atoms with Gasteiger partial charge in [0.25, 0.3) is 0 Å². The average molecular weight is 247 g/mol. The fourth-order valence-electron chi connectivity index (χ4n) is 3.21. The predicted molar refractivity (Wildman–Crippen MR) is 75.6 cm³/mol. The number of hydrogen-bond acceptors (Lipinski definition) is 2. The fourth-order valence-corrected chi connectivity index (χ4v) is 3.21. The minimum Gasteiger partial charge on any atom is -0.375 e. The summed E-state index contributed by atoms with van der Waals surface area (Å²) in [6, 6.07) is 11.1. The van der Waals surface area contributed by atoms with Gasteiger partial charge < -0.3 is 10.1 Å². The van der Waals surface area contributed by atoms with Crippen molar-refractivity contribution in [1.82, 2.24) is 5.32 Å². The molecule has 2 nitrogen and oxygen atoms in total.